The van der Waals surface area contributed by atoms with Gasteiger partial charge in [-0.2, -0.15) is 13.2 Å². The van der Waals surface area contributed by atoms with Gasteiger partial charge < -0.3 is 35.7 Å². The third-order valence-corrected chi connectivity index (χ3v) is 8.20. The van der Waals surface area contributed by atoms with Crippen LogP contribution in [-0.4, -0.2) is 55.9 Å². The van der Waals surface area contributed by atoms with Crippen molar-refractivity contribution in [3.8, 4) is 17.2 Å². The van der Waals surface area contributed by atoms with Crippen LogP contribution in [0.1, 0.15) is 57.4 Å². The second-order valence-corrected chi connectivity index (χ2v) is 12.8. The molecule has 0 heterocycles. The average Bonchev–Trinajstić information content (AvgIpc) is 3.03. The summed E-state index contributed by atoms with van der Waals surface area (Å²) in [6, 6.07) is 16.7. The summed E-state index contributed by atoms with van der Waals surface area (Å²) in [5, 5.41) is 12.6. The van der Waals surface area contributed by atoms with E-state index in [2.05, 4.69) is 10.6 Å². The normalized spacial score (nSPS) is 11.9. The predicted molar refractivity (Wildman–Crippen MR) is 175 cm³/mol. The van der Waals surface area contributed by atoms with E-state index >= 15 is 0 Å². The summed E-state index contributed by atoms with van der Waals surface area (Å²) in [6.45, 7) is 9.18. The van der Waals surface area contributed by atoms with E-state index in [0.29, 0.717) is 47.2 Å². The van der Waals surface area contributed by atoms with Gasteiger partial charge in [0.15, 0.2) is 21.3 Å². The SMILES string of the molecule is CCOc1cc(C(Oc2ccc(CN)cc2)C(=O)NCc2cc(NC(C)=O)ccc2S(=O)(=O)CC)ccc1OC(C)C.O=C(O)C(F)(F)F. The number of hydrogen-bond acceptors (Lipinski definition) is 9. The molecule has 0 aromatic heterocycles. The minimum Gasteiger partial charge on any atom is -0.490 e. The lowest BCUT2D eigenvalue weighted by molar-refractivity contribution is -0.192. The van der Waals surface area contributed by atoms with Crippen LogP contribution < -0.4 is 30.6 Å². The van der Waals surface area contributed by atoms with Crippen LogP contribution in [0.25, 0.3) is 0 Å². The summed E-state index contributed by atoms with van der Waals surface area (Å²) in [6.07, 6.45) is -6.29. The molecule has 3 aromatic rings. The number of rotatable bonds is 14. The summed E-state index contributed by atoms with van der Waals surface area (Å²) in [7, 11) is -3.61. The number of halogens is 3. The van der Waals surface area contributed by atoms with Crippen molar-refractivity contribution in [1.82, 2.24) is 5.32 Å². The monoisotopic (exact) mass is 711 g/mol. The summed E-state index contributed by atoms with van der Waals surface area (Å²) in [4.78, 5) is 34.3. The molecule has 0 saturated heterocycles. The molecule has 0 aliphatic carbocycles. The van der Waals surface area contributed by atoms with Gasteiger partial charge in [0.2, 0.25) is 12.0 Å². The van der Waals surface area contributed by atoms with E-state index < -0.39 is 34.0 Å². The molecule has 12 nitrogen and oxygen atoms in total. The topological polar surface area (TPSA) is 183 Å². The molecule has 0 saturated carbocycles. The highest BCUT2D eigenvalue weighted by atomic mass is 32.2. The molecule has 0 aliphatic rings. The van der Waals surface area contributed by atoms with Crippen molar-refractivity contribution in [1.29, 1.82) is 0 Å². The number of anilines is 1. The first-order valence-electron chi connectivity index (χ1n) is 15.0. The molecule has 0 spiro atoms. The van der Waals surface area contributed by atoms with Gasteiger partial charge in [0.1, 0.15) is 5.75 Å². The Balaban J connectivity index is 0.00000107. The van der Waals surface area contributed by atoms with Crippen LogP contribution in [0, 0.1) is 0 Å². The number of amides is 2. The molecule has 0 bridgehead atoms. The van der Waals surface area contributed by atoms with Crippen molar-refractivity contribution >= 4 is 33.3 Å². The highest BCUT2D eigenvalue weighted by Crippen LogP contribution is 2.33. The van der Waals surface area contributed by atoms with E-state index in [1.807, 2.05) is 32.9 Å². The van der Waals surface area contributed by atoms with E-state index in [0.717, 1.165) is 5.56 Å². The maximum Gasteiger partial charge on any atom is 0.490 e. The number of aliphatic carboxylic acids is 1. The Hall–Kier alpha value is -4.83. The Morgan fingerprint density at radius 2 is 1.57 bits per heavy atom. The van der Waals surface area contributed by atoms with Crippen LogP contribution in [-0.2, 0) is 37.3 Å². The zero-order chi connectivity index (χ0) is 36.9. The van der Waals surface area contributed by atoms with Crippen LogP contribution in [0.4, 0.5) is 18.9 Å². The quantitative estimate of drug-likeness (QED) is 0.174. The summed E-state index contributed by atoms with van der Waals surface area (Å²) >= 11 is 0. The van der Waals surface area contributed by atoms with Gasteiger partial charge in [0.05, 0.1) is 23.4 Å². The number of hydrogen-bond donors (Lipinski definition) is 4. The van der Waals surface area contributed by atoms with Gasteiger partial charge in [-0.25, -0.2) is 13.2 Å². The minimum absolute atomic E-state index is 0.0723. The first kappa shape index (κ1) is 40.3. The molecule has 3 aromatic carbocycles. The second-order valence-electron chi connectivity index (χ2n) is 10.6. The van der Waals surface area contributed by atoms with Crippen molar-refractivity contribution in [3.05, 3.63) is 77.4 Å². The molecule has 1 unspecified atom stereocenters. The van der Waals surface area contributed by atoms with Crippen molar-refractivity contribution in [3.63, 3.8) is 0 Å². The molecule has 0 aliphatic heterocycles. The number of carbonyl (C=O) groups is 3. The molecule has 3 rings (SSSR count). The first-order chi connectivity index (χ1) is 22.9. The van der Waals surface area contributed by atoms with Gasteiger partial charge >= 0.3 is 12.1 Å². The molecular weight excluding hydrogens is 671 g/mol. The maximum atomic E-state index is 13.7. The number of nitrogens with two attached hydrogens (primary N) is 1. The Morgan fingerprint density at radius 1 is 0.939 bits per heavy atom. The molecule has 0 fully saturated rings. The van der Waals surface area contributed by atoms with Crippen LogP contribution in [0.3, 0.4) is 0 Å². The van der Waals surface area contributed by atoms with Gasteiger partial charge in [-0.3, -0.25) is 9.59 Å². The lowest BCUT2D eigenvalue weighted by Crippen LogP contribution is -2.32. The number of carboxylic acid groups (broad SMARTS) is 1. The van der Waals surface area contributed by atoms with E-state index in [9.17, 15) is 31.2 Å². The molecular formula is C33H40F3N3O9S. The van der Waals surface area contributed by atoms with Crippen LogP contribution >= 0.6 is 0 Å². The lowest BCUT2D eigenvalue weighted by Gasteiger charge is -2.22. The van der Waals surface area contributed by atoms with Gasteiger partial charge in [0.25, 0.3) is 5.91 Å². The van der Waals surface area contributed by atoms with Crippen molar-refractivity contribution in [2.75, 3.05) is 17.7 Å². The lowest BCUT2D eigenvalue weighted by atomic mass is 10.1. The zero-order valence-electron chi connectivity index (χ0n) is 27.6. The Bertz CT molecular complexity index is 1700. The summed E-state index contributed by atoms with van der Waals surface area (Å²) < 4.78 is 75.2. The second kappa shape index (κ2) is 18.1. The molecule has 2 amide bonds. The van der Waals surface area contributed by atoms with Gasteiger partial charge in [-0.1, -0.05) is 25.1 Å². The van der Waals surface area contributed by atoms with E-state index in [-0.39, 0.29) is 29.2 Å². The number of ether oxygens (including phenoxy) is 3. The fourth-order valence-corrected chi connectivity index (χ4v) is 5.27. The molecule has 5 N–H and O–H groups in total. The summed E-state index contributed by atoms with van der Waals surface area (Å²) in [5.41, 5.74) is 7.87. The standard InChI is InChI=1S/C31H39N3O7S.C2HF3O2/c1-6-39-28-17-23(10-14-27(28)40-20(3)4)30(41-26-12-8-22(18-32)9-13-26)31(36)33-19-24-16-25(34-21(5)35)11-15-29(24)42(37,38)7-2;3-2(4,5)1(6)7/h8-17,20,30H,6-7,18-19,32H2,1-5H3,(H,33,36)(H,34,35);(H,6,7). The average molecular weight is 712 g/mol. The zero-order valence-corrected chi connectivity index (χ0v) is 28.4. The van der Waals surface area contributed by atoms with Crippen LogP contribution in [0.5, 0.6) is 17.2 Å². The van der Waals surface area contributed by atoms with E-state index in [4.69, 9.17) is 29.8 Å². The predicted octanol–water partition coefficient (Wildman–Crippen LogP) is 5.15. The van der Waals surface area contributed by atoms with Crippen molar-refractivity contribution < 1.29 is 55.3 Å². The highest BCUT2D eigenvalue weighted by Gasteiger charge is 2.38. The van der Waals surface area contributed by atoms with Gasteiger partial charge in [-0.15, -0.1) is 0 Å². The third-order valence-electron chi connectivity index (χ3n) is 6.38. The van der Waals surface area contributed by atoms with Crippen molar-refractivity contribution in [2.45, 2.75) is 71.0 Å². The number of carbonyl (C=O) groups excluding carboxylic acids is 2. The van der Waals surface area contributed by atoms with Gasteiger partial charge in [-0.05, 0) is 74.4 Å². The Morgan fingerprint density at radius 3 is 2.08 bits per heavy atom. The largest absolute Gasteiger partial charge is 0.490 e. The van der Waals surface area contributed by atoms with Crippen molar-refractivity contribution in [2.24, 2.45) is 5.73 Å². The summed E-state index contributed by atoms with van der Waals surface area (Å²) in [5.74, 6) is -2.26. The van der Waals surface area contributed by atoms with E-state index in [1.165, 1.54) is 25.1 Å². The number of carboxylic acids is 1. The minimum atomic E-state index is -5.08. The number of nitrogens with one attached hydrogen (secondary N) is 2. The van der Waals surface area contributed by atoms with Crippen LogP contribution in [0.2, 0.25) is 0 Å². The molecule has 0 radical (unpaired) electrons. The first-order valence-corrected chi connectivity index (χ1v) is 16.7. The smallest absolute Gasteiger partial charge is 0.490 e. The number of alkyl halides is 3. The van der Waals surface area contributed by atoms with Crippen LogP contribution in [0.15, 0.2) is 65.6 Å². The molecule has 268 valence electrons. The third kappa shape index (κ3) is 12.6. The Kier molecular flexibility index (Phi) is 14.9. The Labute approximate surface area is 282 Å². The maximum absolute atomic E-state index is 13.7. The molecule has 16 heteroatoms. The fourth-order valence-electron chi connectivity index (χ4n) is 4.15. The molecule has 49 heavy (non-hydrogen) atoms. The fraction of sp³-hybridized carbons (Fsp3) is 0.364. The number of sulfone groups is 1. The van der Waals surface area contributed by atoms with E-state index in [1.54, 1.807) is 37.3 Å². The van der Waals surface area contributed by atoms with Gasteiger partial charge in [0, 0.05) is 31.3 Å². The highest BCUT2D eigenvalue weighted by molar-refractivity contribution is 7.91. The number of benzene rings is 3. The molecule has 1 atom stereocenters.